The Balaban J connectivity index is 0.00000180. The summed E-state index contributed by atoms with van der Waals surface area (Å²) in [5.74, 6) is 0.400. The van der Waals surface area contributed by atoms with Gasteiger partial charge in [0.05, 0.1) is 0 Å². The molecular formula is C15H29ClN2O. The van der Waals surface area contributed by atoms with Crippen molar-refractivity contribution in [3.8, 4) is 0 Å². The number of amides is 1. The Morgan fingerprint density at radius 1 is 1.21 bits per heavy atom. The summed E-state index contributed by atoms with van der Waals surface area (Å²) in [4.78, 5) is 14.6. The molecule has 2 heterocycles. The summed E-state index contributed by atoms with van der Waals surface area (Å²) in [6.07, 6.45) is 10.4. The Morgan fingerprint density at radius 2 is 2.05 bits per heavy atom. The molecule has 0 aromatic carbocycles. The second-order valence-corrected chi connectivity index (χ2v) is 5.83. The monoisotopic (exact) mass is 288 g/mol. The van der Waals surface area contributed by atoms with E-state index in [-0.39, 0.29) is 12.4 Å². The smallest absolute Gasteiger partial charge is 0.222 e. The fraction of sp³-hybridized carbons (Fsp3) is 0.933. The summed E-state index contributed by atoms with van der Waals surface area (Å²) in [6, 6.07) is 1.11. The molecule has 1 N–H and O–H groups in total. The zero-order valence-electron chi connectivity index (χ0n) is 12.2. The molecule has 0 radical (unpaired) electrons. The minimum absolute atomic E-state index is 0. The van der Waals surface area contributed by atoms with Crippen molar-refractivity contribution in [3.63, 3.8) is 0 Å². The highest BCUT2D eigenvalue weighted by atomic mass is 35.5. The van der Waals surface area contributed by atoms with Crippen molar-refractivity contribution in [2.45, 2.75) is 76.8 Å². The minimum Gasteiger partial charge on any atom is -0.340 e. The standard InChI is InChI=1S/C15H28N2O.ClH/c1-2-14-8-4-3-5-12-17(14)15(18)10-9-13-7-6-11-16-13;/h13-14,16H,2-12H2,1H3;1H. The van der Waals surface area contributed by atoms with Crippen LogP contribution in [0.5, 0.6) is 0 Å². The fourth-order valence-corrected chi connectivity index (χ4v) is 3.37. The predicted molar refractivity (Wildman–Crippen MR) is 81.8 cm³/mol. The van der Waals surface area contributed by atoms with Gasteiger partial charge in [-0.1, -0.05) is 19.8 Å². The van der Waals surface area contributed by atoms with E-state index < -0.39 is 0 Å². The largest absolute Gasteiger partial charge is 0.340 e. The van der Waals surface area contributed by atoms with Crippen LogP contribution in [0.1, 0.15) is 64.7 Å². The molecule has 2 rings (SSSR count). The van der Waals surface area contributed by atoms with Gasteiger partial charge in [0.2, 0.25) is 5.91 Å². The third-order valence-electron chi connectivity index (χ3n) is 4.54. The average Bonchev–Trinajstić information content (AvgIpc) is 2.79. The maximum Gasteiger partial charge on any atom is 0.222 e. The molecule has 112 valence electrons. The lowest BCUT2D eigenvalue weighted by Crippen LogP contribution is -2.40. The van der Waals surface area contributed by atoms with Crippen molar-refractivity contribution >= 4 is 18.3 Å². The summed E-state index contributed by atoms with van der Waals surface area (Å²) < 4.78 is 0. The van der Waals surface area contributed by atoms with Crippen molar-refractivity contribution < 1.29 is 4.79 Å². The van der Waals surface area contributed by atoms with E-state index in [1.54, 1.807) is 0 Å². The molecule has 0 aromatic heterocycles. The van der Waals surface area contributed by atoms with Crippen molar-refractivity contribution in [1.82, 2.24) is 10.2 Å². The van der Waals surface area contributed by atoms with Gasteiger partial charge in [0, 0.05) is 25.0 Å². The van der Waals surface area contributed by atoms with Gasteiger partial charge in [-0.3, -0.25) is 4.79 Å². The molecule has 0 aromatic rings. The molecule has 0 bridgehead atoms. The summed E-state index contributed by atoms with van der Waals surface area (Å²) >= 11 is 0. The topological polar surface area (TPSA) is 32.3 Å². The van der Waals surface area contributed by atoms with Gasteiger partial charge in [-0.05, 0) is 45.1 Å². The Kier molecular flexibility index (Phi) is 7.77. The van der Waals surface area contributed by atoms with Crippen molar-refractivity contribution in [1.29, 1.82) is 0 Å². The number of carbonyl (C=O) groups excluding carboxylic acids is 1. The minimum atomic E-state index is 0. The average molecular weight is 289 g/mol. The maximum absolute atomic E-state index is 12.4. The first-order valence-corrected chi connectivity index (χ1v) is 7.84. The van der Waals surface area contributed by atoms with Crippen molar-refractivity contribution in [2.24, 2.45) is 0 Å². The SMILES string of the molecule is CCC1CCCCCN1C(=O)CCC1CCCN1.Cl. The number of nitrogens with one attached hydrogen (secondary N) is 1. The van der Waals surface area contributed by atoms with Crippen molar-refractivity contribution in [2.75, 3.05) is 13.1 Å². The Labute approximate surface area is 123 Å². The van der Waals surface area contributed by atoms with Gasteiger partial charge in [0.15, 0.2) is 0 Å². The number of nitrogens with zero attached hydrogens (tertiary/aromatic N) is 1. The highest BCUT2D eigenvalue weighted by molar-refractivity contribution is 5.85. The van der Waals surface area contributed by atoms with Gasteiger partial charge in [0.25, 0.3) is 0 Å². The molecule has 0 saturated carbocycles. The fourth-order valence-electron chi connectivity index (χ4n) is 3.37. The quantitative estimate of drug-likeness (QED) is 0.862. The van der Waals surface area contributed by atoms with E-state index in [4.69, 9.17) is 0 Å². The number of carbonyl (C=O) groups is 1. The lowest BCUT2D eigenvalue weighted by atomic mass is 10.1. The van der Waals surface area contributed by atoms with Crippen molar-refractivity contribution in [3.05, 3.63) is 0 Å². The molecule has 2 fully saturated rings. The van der Waals surface area contributed by atoms with Gasteiger partial charge < -0.3 is 10.2 Å². The van der Waals surface area contributed by atoms with E-state index in [1.165, 1.54) is 38.5 Å². The zero-order chi connectivity index (χ0) is 12.8. The lowest BCUT2D eigenvalue weighted by molar-refractivity contribution is -0.133. The van der Waals surface area contributed by atoms with E-state index in [2.05, 4.69) is 17.1 Å². The molecule has 4 heteroatoms. The molecular weight excluding hydrogens is 260 g/mol. The third-order valence-corrected chi connectivity index (χ3v) is 4.54. The first-order chi connectivity index (χ1) is 8.81. The zero-order valence-corrected chi connectivity index (χ0v) is 13.0. The van der Waals surface area contributed by atoms with Gasteiger partial charge >= 0.3 is 0 Å². The van der Waals surface area contributed by atoms with Crippen LogP contribution in [-0.2, 0) is 4.79 Å². The summed E-state index contributed by atoms with van der Waals surface area (Å²) in [5, 5.41) is 3.48. The number of rotatable bonds is 4. The van der Waals surface area contributed by atoms with E-state index >= 15 is 0 Å². The Hall–Kier alpha value is -0.280. The van der Waals surface area contributed by atoms with Gasteiger partial charge in [0.1, 0.15) is 0 Å². The molecule has 0 aliphatic carbocycles. The van der Waals surface area contributed by atoms with E-state index in [9.17, 15) is 4.79 Å². The van der Waals surface area contributed by atoms with Crippen LogP contribution in [-0.4, -0.2) is 36.0 Å². The van der Waals surface area contributed by atoms with Gasteiger partial charge in [-0.15, -0.1) is 12.4 Å². The van der Waals surface area contributed by atoms with Crippen LogP contribution in [0.2, 0.25) is 0 Å². The lowest BCUT2D eigenvalue weighted by Gasteiger charge is -2.29. The molecule has 2 saturated heterocycles. The van der Waals surface area contributed by atoms with Crippen LogP contribution in [0.4, 0.5) is 0 Å². The van der Waals surface area contributed by atoms with Gasteiger partial charge in [-0.25, -0.2) is 0 Å². The summed E-state index contributed by atoms with van der Waals surface area (Å²) in [6.45, 7) is 4.35. The number of hydrogen-bond acceptors (Lipinski definition) is 2. The highest BCUT2D eigenvalue weighted by Gasteiger charge is 2.24. The number of likely N-dealkylation sites (tertiary alicyclic amines) is 1. The molecule has 3 nitrogen and oxygen atoms in total. The van der Waals surface area contributed by atoms with E-state index in [1.807, 2.05) is 0 Å². The molecule has 2 atom stereocenters. The Bertz CT molecular complexity index is 267. The molecule has 2 unspecified atom stereocenters. The number of hydrogen-bond donors (Lipinski definition) is 1. The normalized spacial score (nSPS) is 27.7. The second kappa shape index (κ2) is 8.80. The van der Waals surface area contributed by atoms with Crippen LogP contribution >= 0.6 is 12.4 Å². The summed E-state index contributed by atoms with van der Waals surface area (Å²) in [7, 11) is 0. The van der Waals surface area contributed by atoms with Crippen LogP contribution in [0.15, 0.2) is 0 Å². The van der Waals surface area contributed by atoms with E-state index in [0.29, 0.717) is 18.0 Å². The van der Waals surface area contributed by atoms with Crippen LogP contribution < -0.4 is 5.32 Å². The highest BCUT2D eigenvalue weighted by Crippen LogP contribution is 2.21. The van der Waals surface area contributed by atoms with Crippen LogP contribution in [0.3, 0.4) is 0 Å². The third kappa shape index (κ3) is 4.96. The van der Waals surface area contributed by atoms with Crippen LogP contribution in [0.25, 0.3) is 0 Å². The molecule has 2 aliphatic heterocycles. The van der Waals surface area contributed by atoms with Crippen LogP contribution in [0, 0.1) is 0 Å². The maximum atomic E-state index is 12.4. The number of halogens is 1. The molecule has 0 spiro atoms. The first-order valence-electron chi connectivity index (χ1n) is 7.84. The molecule has 1 amide bonds. The second-order valence-electron chi connectivity index (χ2n) is 5.83. The molecule has 2 aliphatic rings. The van der Waals surface area contributed by atoms with E-state index in [0.717, 1.165) is 32.4 Å². The van der Waals surface area contributed by atoms with Gasteiger partial charge in [-0.2, -0.15) is 0 Å². The summed E-state index contributed by atoms with van der Waals surface area (Å²) in [5.41, 5.74) is 0. The Morgan fingerprint density at radius 3 is 2.74 bits per heavy atom. The predicted octanol–water partition coefficient (Wildman–Crippen LogP) is 3.12. The molecule has 19 heavy (non-hydrogen) atoms. The first kappa shape index (κ1) is 16.8.